The fourth-order valence-electron chi connectivity index (χ4n) is 3.36. The van der Waals surface area contributed by atoms with Gasteiger partial charge in [0.2, 0.25) is 0 Å². The lowest BCUT2D eigenvalue weighted by molar-refractivity contribution is -0.138. The Bertz CT molecular complexity index is 1490. The number of hydrogen-bond acceptors (Lipinski definition) is 6. The summed E-state index contributed by atoms with van der Waals surface area (Å²) >= 11 is 6.10. The molecule has 168 valence electrons. The summed E-state index contributed by atoms with van der Waals surface area (Å²) < 4.78 is 30.8. The Kier molecular flexibility index (Phi) is 5.93. The van der Waals surface area contributed by atoms with E-state index in [9.17, 15) is 23.6 Å². The van der Waals surface area contributed by atoms with Crippen LogP contribution in [0.2, 0.25) is 5.02 Å². The summed E-state index contributed by atoms with van der Waals surface area (Å²) in [5.74, 6) is -0.790. The van der Waals surface area contributed by atoms with E-state index in [1.165, 1.54) is 30.3 Å². The smallest absolute Gasteiger partial charge is 0.325 e. The number of imidazole rings is 1. The molecule has 2 N–H and O–H groups in total. The highest BCUT2D eigenvalue weighted by Crippen LogP contribution is 2.30. The van der Waals surface area contributed by atoms with Gasteiger partial charge in [-0.3, -0.25) is 9.59 Å². The molecule has 0 saturated heterocycles. The monoisotopic (exact) mass is 473 g/mol. The van der Waals surface area contributed by atoms with Crippen LogP contribution in [0.5, 0.6) is 5.75 Å². The maximum absolute atomic E-state index is 12.6. The summed E-state index contributed by atoms with van der Waals surface area (Å²) in [6, 6.07) is 9.31. The average molecular weight is 474 g/mol. The quantitative estimate of drug-likeness (QED) is 0.421. The molecule has 2 heterocycles. The zero-order chi connectivity index (χ0) is 23.7. The van der Waals surface area contributed by atoms with Gasteiger partial charge in [0.15, 0.2) is 0 Å². The van der Waals surface area contributed by atoms with Gasteiger partial charge in [-0.05, 0) is 24.3 Å². The number of nitrogens with one attached hydrogen (secondary N) is 1. The van der Waals surface area contributed by atoms with Gasteiger partial charge in [-0.25, -0.2) is 18.4 Å². The number of aliphatic carboxylic acids is 1. The van der Waals surface area contributed by atoms with Crippen molar-refractivity contribution in [3.05, 3.63) is 62.8 Å². The van der Waals surface area contributed by atoms with Gasteiger partial charge in [-0.1, -0.05) is 11.6 Å². The van der Waals surface area contributed by atoms with Crippen molar-refractivity contribution in [2.45, 2.75) is 19.4 Å². The van der Waals surface area contributed by atoms with E-state index in [-0.39, 0.29) is 22.6 Å². The van der Waals surface area contributed by atoms with Crippen molar-refractivity contribution < 1.29 is 23.4 Å². The highest BCUT2D eigenvalue weighted by molar-refractivity contribution is 6.32. The summed E-state index contributed by atoms with van der Waals surface area (Å²) in [7, 11) is 0. The second-order valence-corrected chi connectivity index (χ2v) is 7.44. The maximum atomic E-state index is 12.6. The van der Waals surface area contributed by atoms with E-state index in [0.29, 0.717) is 33.5 Å². The third-order valence-corrected chi connectivity index (χ3v) is 5.03. The normalized spacial score (nSPS) is 11.2. The number of carbonyl (C=O) groups is 1. The number of carboxylic acids is 1. The predicted molar refractivity (Wildman–Crippen MR) is 114 cm³/mol. The summed E-state index contributed by atoms with van der Waals surface area (Å²) in [5, 5.41) is 23.2. The molecule has 0 spiro atoms. The van der Waals surface area contributed by atoms with Crippen LogP contribution in [0, 0.1) is 11.3 Å². The summed E-state index contributed by atoms with van der Waals surface area (Å²) in [6.07, 6.45) is -2.60. The number of halogens is 3. The lowest BCUT2D eigenvalue weighted by Crippen LogP contribution is -2.28. The first-order valence-electron chi connectivity index (χ1n) is 9.50. The minimum atomic E-state index is -2.66. The fraction of sp³-hybridized carbons (Fsp3) is 0.190. The highest BCUT2D eigenvalue weighted by atomic mass is 35.5. The number of nitriles is 1. The largest absolute Gasteiger partial charge is 0.486 e. The van der Waals surface area contributed by atoms with Gasteiger partial charge in [0.05, 0.1) is 45.2 Å². The van der Waals surface area contributed by atoms with Crippen molar-refractivity contribution in [2.24, 2.45) is 0 Å². The lowest BCUT2D eigenvalue weighted by Gasteiger charge is -2.09. The van der Waals surface area contributed by atoms with Crippen LogP contribution in [0.1, 0.15) is 17.1 Å². The van der Waals surface area contributed by atoms with Crippen molar-refractivity contribution in [1.29, 1.82) is 5.26 Å². The van der Waals surface area contributed by atoms with E-state index in [1.54, 1.807) is 0 Å². The zero-order valence-corrected chi connectivity index (χ0v) is 17.4. The van der Waals surface area contributed by atoms with Crippen molar-refractivity contribution in [3.63, 3.8) is 0 Å². The van der Waals surface area contributed by atoms with Crippen LogP contribution < -0.4 is 10.3 Å². The van der Waals surface area contributed by atoms with Gasteiger partial charge >= 0.3 is 5.97 Å². The molecule has 0 saturated carbocycles. The van der Waals surface area contributed by atoms with Crippen molar-refractivity contribution in [1.82, 2.24) is 19.7 Å². The summed E-state index contributed by atoms with van der Waals surface area (Å²) in [6.45, 7) is -1.45. The lowest BCUT2D eigenvalue weighted by atomic mass is 10.1. The van der Waals surface area contributed by atoms with Gasteiger partial charge in [-0.15, -0.1) is 0 Å². The number of carboxylic acid groups (broad SMARTS) is 1. The molecular formula is C21H14ClF2N5O4. The molecule has 12 heteroatoms. The predicted octanol–water partition coefficient (Wildman–Crippen LogP) is 3.12. The number of aromatic amines is 1. The van der Waals surface area contributed by atoms with Crippen molar-refractivity contribution in [2.75, 3.05) is 6.61 Å². The number of H-pyrrole nitrogens is 1. The molecule has 9 nitrogen and oxygen atoms in total. The van der Waals surface area contributed by atoms with Crippen molar-refractivity contribution >= 4 is 39.4 Å². The van der Waals surface area contributed by atoms with E-state index in [2.05, 4.69) is 15.1 Å². The molecule has 0 bridgehead atoms. The number of rotatable bonds is 7. The van der Waals surface area contributed by atoms with Crippen LogP contribution >= 0.6 is 11.6 Å². The number of hydrogen-bond donors (Lipinski definition) is 2. The molecule has 4 aromatic rings. The molecule has 0 fully saturated rings. The molecule has 33 heavy (non-hydrogen) atoms. The van der Waals surface area contributed by atoms with E-state index < -0.39 is 31.1 Å². The molecule has 4 rings (SSSR count). The van der Waals surface area contributed by atoms with Gasteiger partial charge in [0, 0.05) is 11.5 Å². The second-order valence-electron chi connectivity index (χ2n) is 7.04. The Labute approximate surface area is 188 Å². The number of alkyl halides is 2. The van der Waals surface area contributed by atoms with Gasteiger partial charge in [0.1, 0.15) is 24.7 Å². The van der Waals surface area contributed by atoms with Gasteiger partial charge in [-0.2, -0.15) is 10.4 Å². The van der Waals surface area contributed by atoms with Crippen LogP contribution in [0.4, 0.5) is 8.78 Å². The van der Waals surface area contributed by atoms with Crippen LogP contribution in [0.25, 0.3) is 21.8 Å². The van der Waals surface area contributed by atoms with Crippen LogP contribution in [-0.2, 0) is 17.8 Å². The molecule has 0 amide bonds. The minimum Gasteiger partial charge on any atom is -0.486 e. The SMILES string of the molecule is N#Cc1ccc2c(=O)n(CC(=O)O)nc(Cc3nc4cc(OCC(F)F)c(Cl)cc4[nH]3)c2c1. The Hall–Kier alpha value is -4.04. The minimum absolute atomic E-state index is 0.0553. The first-order valence-corrected chi connectivity index (χ1v) is 9.87. The van der Waals surface area contributed by atoms with Crippen LogP contribution in [-0.4, -0.2) is 43.9 Å². The molecule has 2 aromatic carbocycles. The Balaban J connectivity index is 1.78. The molecule has 0 aliphatic rings. The van der Waals surface area contributed by atoms with Crippen LogP contribution in [0.3, 0.4) is 0 Å². The Morgan fingerprint density at radius 1 is 1.30 bits per heavy atom. The maximum Gasteiger partial charge on any atom is 0.325 e. The zero-order valence-electron chi connectivity index (χ0n) is 16.7. The average Bonchev–Trinajstić information content (AvgIpc) is 3.15. The molecule has 0 aliphatic heterocycles. The summed E-state index contributed by atoms with van der Waals surface area (Å²) in [4.78, 5) is 31.3. The number of benzene rings is 2. The number of fused-ring (bicyclic) bond motifs is 2. The highest BCUT2D eigenvalue weighted by Gasteiger charge is 2.16. The molecular weight excluding hydrogens is 460 g/mol. The number of aromatic nitrogens is 4. The number of nitrogens with zero attached hydrogens (tertiary/aromatic N) is 4. The first kappa shape index (κ1) is 22.2. The topological polar surface area (TPSA) is 134 Å². The van der Waals surface area contributed by atoms with E-state index in [1.807, 2.05) is 6.07 Å². The van der Waals surface area contributed by atoms with Crippen LogP contribution in [0.15, 0.2) is 35.1 Å². The van der Waals surface area contributed by atoms with Crippen molar-refractivity contribution in [3.8, 4) is 11.8 Å². The van der Waals surface area contributed by atoms with E-state index in [4.69, 9.17) is 21.4 Å². The molecule has 0 atom stereocenters. The molecule has 0 unspecified atom stereocenters. The molecule has 0 aliphatic carbocycles. The Morgan fingerprint density at radius 2 is 2.09 bits per heavy atom. The summed E-state index contributed by atoms with van der Waals surface area (Å²) in [5.41, 5.74) is 0.943. The fourth-order valence-corrected chi connectivity index (χ4v) is 3.58. The third-order valence-electron chi connectivity index (χ3n) is 4.74. The van der Waals surface area contributed by atoms with E-state index in [0.717, 1.165) is 4.68 Å². The first-order chi connectivity index (χ1) is 15.7. The number of ether oxygens (including phenoxy) is 1. The third kappa shape index (κ3) is 4.61. The standard InChI is InChI=1S/C21H14ClF2N5O4/c22-13-4-15-16(5-17(13)33-9-18(23)24)27-19(26-15)6-14-12-3-10(7-25)1-2-11(12)21(32)29(28-14)8-20(30)31/h1-5,18H,6,8-9H2,(H,26,27)(H,30,31). The Morgan fingerprint density at radius 3 is 2.79 bits per heavy atom. The second kappa shape index (κ2) is 8.84. The molecule has 0 radical (unpaired) electrons. The van der Waals surface area contributed by atoms with Gasteiger partial charge in [0.25, 0.3) is 12.0 Å². The van der Waals surface area contributed by atoms with E-state index >= 15 is 0 Å². The molecule has 2 aromatic heterocycles. The van der Waals surface area contributed by atoms with Gasteiger partial charge < -0.3 is 14.8 Å².